The Hall–Kier alpha value is -2.34. The molecule has 6 heteroatoms. The van der Waals surface area contributed by atoms with Crippen molar-refractivity contribution in [3.63, 3.8) is 0 Å². The molecule has 0 aliphatic carbocycles. The van der Waals surface area contributed by atoms with Gasteiger partial charge in [0.1, 0.15) is 0 Å². The van der Waals surface area contributed by atoms with E-state index in [1.165, 1.54) is 29.7 Å². The van der Waals surface area contributed by atoms with Crippen molar-refractivity contribution < 1.29 is 9.47 Å². The first-order chi connectivity index (χ1) is 14.2. The van der Waals surface area contributed by atoms with Crippen molar-refractivity contribution in [2.45, 2.75) is 46.2 Å². The molecule has 4 rings (SSSR count). The van der Waals surface area contributed by atoms with Gasteiger partial charge >= 0.3 is 0 Å². The molecule has 2 aromatic rings. The van der Waals surface area contributed by atoms with Crippen molar-refractivity contribution >= 4 is 5.95 Å². The zero-order valence-corrected chi connectivity index (χ0v) is 17.9. The standard InChI is InChI=1S/C23H32N4O2/c1-4-29-21-6-5-18(13-22(21)28-3)15-26-10-9-20-19(16-26)14-24-23(25-20)27-11-7-17(2)8-12-27/h5-6,13-14,17H,4,7-12,15-16H2,1-3H3. The zero-order chi connectivity index (χ0) is 20.2. The topological polar surface area (TPSA) is 50.7 Å². The first-order valence-corrected chi connectivity index (χ1v) is 10.8. The third kappa shape index (κ3) is 4.64. The lowest BCUT2D eigenvalue weighted by Crippen LogP contribution is -2.35. The number of aromatic nitrogens is 2. The number of piperidine rings is 1. The molecule has 1 fully saturated rings. The fourth-order valence-corrected chi connectivity index (χ4v) is 4.20. The summed E-state index contributed by atoms with van der Waals surface area (Å²) in [6.45, 7) is 9.89. The van der Waals surface area contributed by atoms with E-state index in [9.17, 15) is 0 Å². The summed E-state index contributed by atoms with van der Waals surface area (Å²) in [6, 6.07) is 6.21. The maximum absolute atomic E-state index is 5.63. The summed E-state index contributed by atoms with van der Waals surface area (Å²) >= 11 is 0. The maximum Gasteiger partial charge on any atom is 0.225 e. The highest BCUT2D eigenvalue weighted by Crippen LogP contribution is 2.29. The lowest BCUT2D eigenvalue weighted by atomic mass is 9.99. The molecule has 2 aliphatic rings. The first-order valence-electron chi connectivity index (χ1n) is 10.8. The second-order valence-corrected chi connectivity index (χ2v) is 8.19. The molecular formula is C23H32N4O2. The highest BCUT2D eigenvalue weighted by atomic mass is 16.5. The van der Waals surface area contributed by atoms with Crippen molar-refractivity contribution in [2.75, 3.05) is 38.3 Å². The number of methoxy groups -OCH3 is 1. The summed E-state index contributed by atoms with van der Waals surface area (Å²) in [5.41, 5.74) is 3.70. The number of hydrogen-bond acceptors (Lipinski definition) is 6. The molecule has 0 amide bonds. The van der Waals surface area contributed by atoms with E-state index >= 15 is 0 Å². The fraction of sp³-hybridized carbons (Fsp3) is 0.565. The van der Waals surface area contributed by atoms with Gasteiger partial charge in [0.15, 0.2) is 11.5 Å². The monoisotopic (exact) mass is 396 g/mol. The van der Waals surface area contributed by atoms with Crippen LogP contribution >= 0.6 is 0 Å². The summed E-state index contributed by atoms with van der Waals surface area (Å²) in [5.74, 6) is 3.33. The van der Waals surface area contributed by atoms with Gasteiger partial charge in [-0.1, -0.05) is 13.0 Å². The molecule has 0 unspecified atom stereocenters. The van der Waals surface area contributed by atoms with Crippen LogP contribution in [-0.4, -0.2) is 48.2 Å². The van der Waals surface area contributed by atoms with Gasteiger partial charge in [-0.15, -0.1) is 0 Å². The van der Waals surface area contributed by atoms with Crippen LogP contribution in [0.2, 0.25) is 0 Å². The molecule has 29 heavy (non-hydrogen) atoms. The van der Waals surface area contributed by atoms with Crippen LogP contribution in [0.1, 0.15) is 43.5 Å². The highest BCUT2D eigenvalue weighted by Gasteiger charge is 2.22. The van der Waals surface area contributed by atoms with E-state index in [4.69, 9.17) is 19.4 Å². The molecule has 0 spiro atoms. The number of anilines is 1. The second kappa shape index (κ2) is 8.99. The van der Waals surface area contributed by atoms with Crippen molar-refractivity contribution in [3.05, 3.63) is 41.2 Å². The molecule has 1 aromatic heterocycles. The molecule has 0 radical (unpaired) electrons. The lowest BCUT2D eigenvalue weighted by Gasteiger charge is -2.32. The Bertz CT molecular complexity index is 834. The molecular weight excluding hydrogens is 364 g/mol. The summed E-state index contributed by atoms with van der Waals surface area (Å²) in [5, 5.41) is 0. The number of ether oxygens (including phenoxy) is 2. The van der Waals surface area contributed by atoms with Gasteiger partial charge in [-0.05, 0) is 43.4 Å². The van der Waals surface area contributed by atoms with E-state index in [1.54, 1.807) is 7.11 Å². The van der Waals surface area contributed by atoms with E-state index in [0.29, 0.717) is 6.61 Å². The third-order valence-corrected chi connectivity index (χ3v) is 6.00. The SMILES string of the molecule is CCOc1ccc(CN2CCc3nc(N4CCC(C)CC4)ncc3C2)cc1OC. The number of fused-ring (bicyclic) bond motifs is 1. The molecule has 0 bridgehead atoms. The summed E-state index contributed by atoms with van der Waals surface area (Å²) in [4.78, 5) is 14.4. The van der Waals surface area contributed by atoms with E-state index in [1.807, 2.05) is 19.2 Å². The number of hydrogen-bond donors (Lipinski definition) is 0. The Labute approximate surface area is 173 Å². The van der Waals surface area contributed by atoms with Crippen LogP contribution in [0.3, 0.4) is 0 Å². The van der Waals surface area contributed by atoms with Gasteiger partial charge in [-0.2, -0.15) is 0 Å². The molecule has 0 N–H and O–H groups in total. The normalized spacial score (nSPS) is 17.8. The highest BCUT2D eigenvalue weighted by molar-refractivity contribution is 5.43. The Morgan fingerprint density at radius 2 is 1.97 bits per heavy atom. The summed E-state index contributed by atoms with van der Waals surface area (Å²) in [7, 11) is 1.69. The molecule has 156 valence electrons. The number of nitrogens with zero attached hydrogens (tertiary/aromatic N) is 4. The molecule has 1 aromatic carbocycles. The second-order valence-electron chi connectivity index (χ2n) is 8.19. The average Bonchev–Trinajstić information content (AvgIpc) is 2.75. The maximum atomic E-state index is 5.63. The Morgan fingerprint density at radius 1 is 1.14 bits per heavy atom. The molecule has 0 atom stereocenters. The fourth-order valence-electron chi connectivity index (χ4n) is 4.20. The van der Waals surface area contributed by atoms with Crippen molar-refractivity contribution in [3.8, 4) is 11.5 Å². The molecule has 3 heterocycles. The molecule has 1 saturated heterocycles. The minimum atomic E-state index is 0.636. The van der Waals surface area contributed by atoms with Crippen LogP contribution in [0, 0.1) is 5.92 Å². The minimum Gasteiger partial charge on any atom is -0.493 e. The lowest BCUT2D eigenvalue weighted by molar-refractivity contribution is 0.242. The van der Waals surface area contributed by atoms with Crippen LogP contribution in [-0.2, 0) is 19.5 Å². The Morgan fingerprint density at radius 3 is 2.72 bits per heavy atom. The molecule has 0 saturated carbocycles. The van der Waals surface area contributed by atoms with Gasteiger partial charge in [0, 0.05) is 50.9 Å². The Kier molecular flexibility index (Phi) is 6.19. The van der Waals surface area contributed by atoms with Crippen molar-refractivity contribution in [1.29, 1.82) is 0 Å². The van der Waals surface area contributed by atoms with Gasteiger partial charge in [-0.3, -0.25) is 4.90 Å². The quantitative estimate of drug-likeness (QED) is 0.742. The summed E-state index contributed by atoms with van der Waals surface area (Å²) < 4.78 is 11.1. The average molecular weight is 397 g/mol. The summed E-state index contributed by atoms with van der Waals surface area (Å²) in [6.07, 6.45) is 5.49. The van der Waals surface area contributed by atoms with E-state index in [0.717, 1.165) is 62.5 Å². The van der Waals surface area contributed by atoms with Gasteiger partial charge in [0.05, 0.1) is 19.4 Å². The molecule has 6 nitrogen and oxygen atoms in total. The third-order valence-electron chi connectivity index (χ3n) is 6.00. The van der Waals surface area contributed by atoms with Gasteiger partial charge in [0.25, 0.3) is 0 Å². The van der Waals surface area contributed by atoms with Crippen molar-refractivity contribution in [1.82, 2.24) is 14.9 Å². The van der Waals surface area contributed by atoms with Crippen LogP contribution in [0.25, 0.3) is 0 Å². The van der Waals surface area contributed by atoms with E-state index in [-0.39, 0.29) is 0 Å². The van der Waals surface area contributed by atoms with Gasteiger partial charge < -0.3 is 14.4 Å². The smallest absolute Gasteiger partial charge is 0.225 e. The van der Waals surface area contributed by atoms with Crippen LogP contribution < -0.4 is 14.4 Å². The van der Waals surface area contributed by atoms with E-state index in [2.05, 4.69) is 28.9 Å². The van der Waals surface area contributed by atoms with Crippen molar-refractivity contribution in [2.24, 2.45) is 5.92 Å². The zero-order valence-electron chi connectivity index (χ0n) is 17.9. The van der Waals surface area contributed by atoms with Gasteiger partial charge in [0.2, 0.25) is 5.95 Å². The van der Waals surface area contributed by atoms with Gasteiger partial charge in [-0.25, -0.2) is 9.97 Å². The largest absolute Gasteiger partial charge is 0.493 e. The van der Waals surface area contributed by atoms with Crippen LogP contribution in [0.5, 0.6) is 11.5 Å². The first kappa shape index (κ1) is 20.0. The number of benzene rings is 1. The predicted octanol–water partition coefficient (Wildman–Crippen LogP) is 3.68. The van der Waals surface area contributed by atoms with Crippen LogP contribution in [0.15, 0.2) is 24.4 Å². The Balaban J connectivity index is 1.41. The predicted molar refractivity (Wildman–Crippen MR) is 115 cm³/mol. The van der Waals surface area contributed by atoms with Crippen LogP contribution in [0.4, 0.5) is 5.95 Å². The molecule has 2 aliphatic heterocycles. The van der Waals surface area contributed by atoms with E-state index < -0.39 is 0 Å². The minimum absolute atomic E-state index is 0.636. The number of rotatable bonds is 6.